The van der Waals surface area contributed by atoms with E-state index in [1.807, 2.05) is 32.0 Å². The summed E-state index contributed by atoms with van der Waals surface area (Å²) in [6.45, 7) is 6.61. The van der Waals surface area contributed by atoms with E-state index in [1.54, 1.807) is 0 Å². The Kier molecular flexibility index (Phi) is 8.74. The number of carbonyl (C=O) groups is 3. The van der Waals surface area contributed by atoms with Crippen LogP contribution < -0.4 is 25.4 Å². The quantitative estimate of drug-likeness (QED) is 0.566. The molecule has 154 valence electrons. The predicted molar refractivity (Wildman–Crippen MR) is 104 cm³/mol. The Morgan fingerprint density at radius 2 is 1.71 bits per heavy atom. The van der Waals surface area contributed by atoms with Crippen LogP contribution in [0.4, 0.5) is 0 Å². The number of imide groups is 1. The lowest BCUT2D eigenvalue weighted by Gasteiger charge is -2.21. The summed E-state index contributed by atoms with van der Waals surface area (Å²) in [5, 5.41) is 7.88. The summed E-state index contributed by atoms with van der Waals surface area (Å²) >= 11 is 0. The van der Waals surface area contributed by atoms with Gasteiger partial charge in [0.1, 0.15) is 0 Å². The van der Waals surface area contributed by atoms with Crippen molar-refractivity contribution < 1.29 is 23.9 Å². The van der Waals surface area contributed by atoms with E-state index in [9.17, 15) is 14.4 Å². The van der Waals surface area contributed by atoms with Gasteiger partial charge in [0.25, 0.3) is 0 Å². The Bertz CT molecular complexity index is 686. The number of piperidine rings is 1. The van der Waals surface area contributed by atoms with Crippen molar-refractivity contribution >= 4 is 17.7 Å². The van der Waals surface area contributed by atoms with Crippen molar-refractivity contribution in [3.63, 3.8) is 0 Å². The molecule has 8 heteroatoms. The topological polar surface area (TPSA) is 106 Å². The van der Waals surface area contributed by atoms with Crippen molar-refractivity contribution in [2.24, 2.45) is 5.92 Å². The molecule has 0 unspecified atom stereocenters. The Morgan fingerprint density at radius 3 is 2.39 bits per heavy atom. The monoisotopic (exact) mass is 391 g/mol. The number of carbonyl (C=O) groups excluding carboxylic acids is 3. The average Bonchev–Trinajstić information content (AvgIpc) is 2.70. The number of hydrogen-bond donors (Lipinski definition) is 3. The lowest BCUT2D eigenvalue weighted by Crippen LogP contribution is -2.46. The first kappa shape index (κ1) is 21.7. The van der Waals surface area contributed by atoms with Crippen LogP contribution in [0.25, 0.3) is 0 Å². The molecule has 0 bridgehead atoms. The van der Waals surface area contributed by atoms with Gasteiger partial charge in [-0.15, -0.1) is 0 Å². The highest BCUT2D eigenvalue weighted by molar-refractivity contribution is 6.37. The highest BCUT2D eigenvalue weighted by Gasteiger charge is 2.24. The first-order valence-electron chi connectivity index (χ1n) is 9.77. The van der Waals surface area contributed by atoms with Gasteiger partial charge in [-0.3, -0.25) is 19.7 Å². The van der Waals surface area contributed by atoms with E-state index in [0.717, 1.165) is 18.7 Å². The molecule has 0 aliphatic carbocycles. The second kappa shape index (κ2) is 11.3. The second-order valence-corrected chi connectivity index (χ2v) is 6.50. The normalized spacial score (nSPS) is 14.2. The molecule has 1 aliphatic heterocycles. The fraction of sp³-hybridized carbons (Fsp3) is 0.550. The third-order valence-corrected chi connectivity index (χ3v) is 4.46. The molecule has 3 amide bonds. The van der Waals surface area contributed by atoms with Gasteiger partial charge in [0.2, 0.25) is 5.91 Å². The van der Waals surface area contributed by atoms with E-state index in [4.69, 9.17) is 9.47 Å². The van der Waals surface area contributed by atoms with Crippen molar-refractivity contribution in [2.75, 3.05) is 32.8 Å². The molecule has 0 radical (unpaired) electrons. The van der Waals surface area contributed by atoms with Gasteiger partial charge in [-0.05, 0) is 63.9 Å². The summed E-state index contributed by atoms with van der Waals surface area (Å²) < 4.78 is 11.1. The third-order valence-electron chi connectivity index (χ3n) is 4.46. The van der Waals surface area contributed by atoms with Gasteiger partial charge in [-0.25, -0.2) is 0 Å². The van der Waals surface area contributed by atoms with E-state index in [-0.39, 0.29) is 18.4 Å². The Balaban J connectivity index is 1.79. The minimum Gasteiger partial charge on any atom is -0.490 e. The molecule has 1 aromatic rings. The smallest absolute Gasteiger partial charge is 0.315 e. The Morgan fingerprint density at radius 1 is 1.04 bits per heavy atom. The van der Waals surface area contributed by atoms with Gasteiger partial charge in [0.15, 0.2) is 11.5 Å². The Labute approximate surface area is 165 Å². The van der Waals surface area contributed by atoms with Crippen molar-refractivity contribution in [3.8, 4) is 11.5 Å². The molecule has 0 atom stereocenters. The molecule has 1 aromatic carbocycles. The third kappa shape index (κ3) is 6.53. The minimum absolute atomic E-state index is 0.223. The van der Waals surface area contributed by atoms with Crippen LogP contribution in [0.5, 0.6) is 11.5 Å². The number of hydrogen-bond acceptors (Lipinski definition) is 6. The summed E-state index contributed by atoms with van der Waals surface area (Å²) in [6.07, 6.45) is 1.86. The molecule has 28 heavy (non-hydrogen) atoms. The predicted octanol–water partition coefficient (Wildman–Crippen LogP) is 0.785. The van der Waals surface area contributed by atoms with Crippen LogP contribution in [0.3, 0.4) is 0 Å². The van der Waals surface area contributed by atoms with Crippen LogP contribution in [-0.4, -0.2) is 50.6 Å². The standard InChI is InChI=1S/C20H29N3O5/c1-3-27-16-6-5-14(13-17(16)28-4-2)7-12-22-19(25)20(26)23-18(24)15-8-10-21-11-9-15/h5-6,13,15,21H,3-4,7-12H2,1-2H3,(H,22,25)(H,23,24,26). The van der Waals surface area contributed by atoms with Crippen molar-refractivity contribution in [2.45, 2.75) is 33.1 Å². The van der Waals surface area contributed by atoms with Gasteiger partial charge in [0.05, 0.1) is 13.2 Å². The molecule has 2 rings (SSSR count). The molecule has 1 heterocycles. The SMILES string of the molecule is CCOc1ccc(CCNC(=O)C(=O)NC(=O)C2CCNCC2)cc1OCC. The molecule has 0 saturated carbocycles. The van der Waals surface area contributed by atoms with E-state index < -0.39 is 11.8 Å². The van der Waals surface area contributed by atoms with Crippen LogP contribution in [0.15, 0.2) is 18.2 Å². The van der Waals surface area contributed by atoms with Crippen molar-refractivity contribution in [1.82, 2.24) is 16.0 Å². The molecule has 1 fully saturated rings. The van der Waals surface area contributed by atoms with Crippen LogP contribution >= 0.6 is 0 Å². The van der Waals surface area contributed by atoms with Gasteiger partial charge in [0, 0.05) is 12.5 Å². The highest BCUT2D eigenvalue weighted by atomic mass is 16.5. The molecule has 0 aromatic heterocycles. The van der Waals surface area contributed by atoms with Gasteiger partial charge >= 0.3 is 11.8 Å². The molecule has 8 nitrogen and oxygen atoms in total. The van der Waals surface area contributed by atoms with Crippen LogP contribution in [0.2, 0.25) is 0 Å². The summed E-state index contributed by atoms with van der Waals surface area (Å²) in [6, 6.07) is 5.58. The van der Waals surface area contributed by atoms with Gasteiger partial charge in [-0.1, -0.05) is 6.07 Å². The van der Waals surface area contributed by atoms with Crippen LogP contribution in [0, 0.1) is 5.92 Å². The maximum Gasteiger partial charge on any atom is 0.315 e. The highest BCUT2D eigenvalue weighted by Crippen LogP contribution is 2.28. The van der Waals surface area contributed by atoms with Crippen molar-refractivity contribution in [3.05, 3.63) is 23.8 Å². The molecular weight excluding hydrogens is 362 g/mol. The Hall–Kier alpha value is -2.61. The van der Waals surface area contributed by atoms with Crippen molar-refractivity contribution in [1.29, 1.82) is 0 Å². The lowest BCUT2D eigenvalue weighted by molar-refractivity contribution is -0.143. The summed E-state index contributed by atoms with van der Waals surface area (Å²) in [4.78, 5) is 35.9. The summed E-state index contributed by atoms with van der Waals surface area (Å²) in [5.41, 5.74) is 0.943. The maximum atomic E-state index is 12.0. The number of benzene rings is 1. The molecule has 3 N–H and O–H groups in total. The zero-order valence-electron chi connectivity index (χ0n) is 16.5. The van der Waals surface area contributed by atoms with E-state index in [2.05, 4.69) is 16.0 Å². The number of rotatable bonds is 8. The fourth-order valence-electron chi connectivity index (χ4n) is 3.01. The van der Waals surface area contributed by atoms with Gasteiger partial charge in [-0.2, -0.15) is 0 Å². The first-order chi connectivity index (χ1) is 13.5. The van der Waals surface area contributed by atoms with E-state index in [1.165, 1.54) is 0 Å². The molecule has 0 spiro atoms. The summed E-state index contributed by atoms with van der Waals surface area (Å²) in [5.74, 6) is -0.997. The number of amides is 3. The number of nitrogens with one attached hydrogen (secondary N) is 3. The average molecular weight is 391 g/mol. The molecule has 1 aliphatic rings. The van der Waals surface area contributed by atoms with Gasteiger partial charge < -0.3 is 20.1 Å². The van der Waals surface area contributed by atoms with Crippen LogP contribution in [-0.2, 0) is 20.8 Å². The number of ether oxygens (including phenoxy) is 2. The molecule has 1 saturated heterocycles. The summed E-state index contributed by atoms with van der Waals surface area (Å²) in [7, 11) is 0. The lowest BCUT2D eigenvalue weighted by atomic mass is 9.97. The maximum absolute atomic E-state index is 12.0. The van der Waals surface area contributed by atoms with E-state index in [0.29, 0.717) is 44.0 Å². The first-order valence-corrected chi connectivity index (χ1v) is 9.77. The molecular formula is C20H29N3O5. The van der Waals surface area contributed by atoms with Crippen LogP contribution in [0.1, 0.15) is 32.3 Å². The minimum atomic E-state index is -0.912. The largest absolute Gasteiger partial charge is 0.490 e. The fourth-order valence-corrected chi connectivity index (χ4v) is 3.01. The second-order valence-electron chi connectivity index (χ2n) is 6.50. The zero-order chi connectivity index (χ0) is 20.4. The zero-order valence-corrected chi connectivity index (χ0v) is 16.5. The van der Waals surface area contributed by atoms with E-state index >= 15 is 0 Å².